The molecule has 3 rings (SSSR count). The van der Waals surface area contributed by atoms with E-state index in [-0.39, 0.29) is 12.1 Å². The highest BCUT2D eigenvalue weighted by molar-refractivity contribution is 5.74. The van der Waals surface area contributed by atoms with E-state index in [2.05, 4.69) is 34.5 Å². The Hall–Kier alpha value is -1.59. The number of ether oxygens (including phenoxy) is 1. The number of urea groups is 1. The summed E-state index contributed by atoms with van der Waals surface area (Å²) in [6.07, 6.45) is 3.37. The number of likely N-dealkylation sites (tertiary alicyclic amines) is 1. The summed E-state index contributed by atoms with van der Waals surface area (Å²) in [6.45, 7) is 6.01. The number of carbonyl (C=O) groups is 1. The van der Waals surface area contributed by atoms with E-state index < -0.39 is 0 Å². The van der Waals surface area contributed by atoms with E-state index in [9.17, 15) is 4.79 Å². The Balaban J connectivity index is 1.47. The lowest BCUT2D eigenvalue weighted by molar-refractivity contribution is 0.0542. The Morgan fingerprint density at radius 3 is 2.70 bits per heavy atom. The zero-order valence-corrected chi connectivity index (χ0v) is 13.7. The Labute approximate surface area is 138 Å². The van der Waals surface area contributed by atoms with Gasteiger partial charge in [0, 0.05) is 45.9 Å². The number of nitrogens with zero attached hydrogens (tertiary/aromatic N) is 2. The van der Waals surface area contributed by atoms with Gasteiger partial charge in [-0.1, -0.05) is 30.3 Å². The molecular formula is C18H27N3O2. The molecule has 0 radical (unpaired) electrons. The van der Waals surface area contributed by atoms with Crippen molar-refractivity contribution in [2.24, 2.45) is 0 Å². The van der Waals surface area contributed by atoms with Crippen LogP contribution >= 0.6 is 0 Å². The Morgan fingerprint density at radius 1 is 1.13 bits per heavy atom. The summed E-state index contributed by atoms with van der Waals surface area (Å²) >= 11 is 0. The predicted molar refractivity (Wildman–Crippen MR) is 90.3 cm³/mol. The highest BCUT2D eigenvalue weighted by atomic mass is 16.5. The van der Waals surface area contributed by atoms with Crippen LogP contribution in [0.25, 0.3) is 0 Å². The lowest BCUT2D eigenvalue weighted by Crippen LogP contribution is -2.44. The maximum absolute atomic E-state index is 12.1. The van der Waals surface area contributed by atoms with E-state index in [1.807, 2.05) is 11.0 Å². The minimum absolute atomic E-state index is 0.0601. The molecule has 2 saturated heterocycles. The van der Waals surface area contributed by atoms with Crippen molar-refractivity contribution in [1.82, 2.24) is 15.1 Å². The van der Waals surface area contributed by atoms with Crippen LogP contribution in [0.15, 0.2) is 30.3 Å². The third-order valence-electron chi connectivity index (χ3n) is 4.56. The van der Waals surface area contributed by atoms with E-state index in [4.69, 9.17) is 4.74 Å². The molecule has 0 aromatic heterocycles. The number of hydrogen-bond acceptors (Lipinski definition) is 3. The van der Waals surface area contributed by atoms with Gasteiger partial charge in [-0.25, -0.2) is 4.79 Å². The molecule has 0 aliphatic carbocycles. The smallest absolute Gasteiger partial charge is 0.317 e. The van der Waals surface area contributed by atoms with E-state index >= 15 is 0 Å². The van der Waals surface area contributed by atoms with Gasteiger partial charge < -0.3 is 15.0 Å². The molecule has 126 valence electrons. The van der Waals surface area contributed by atoms with Gasteiger partial charge in [-0.2, -0.15) is 0 Å². The minimum atomic E-state index is 0.0601. The van der Waals surface area contributed by atoms with Gasteiger partial charge >= 0.3 is 6.03 Å². The molecule has 2 fully saturated rings. The summed E-state index contributed by atoms with van der Waals surface area (Å²) < 4.78 is 5.91. The normalized spacial score (nSPS) is 22.8. The van der Waals surface area contributed by atoms with Crippen molar-refractivity contribution < 1.29 is 9.53 Å². The second-order valence-electron chi connectivity index (χ2n) is 6.45. The molecule has 1 unspecified atom stereocenters. The van der Waals surface area contributed by atoms with Gasteiger partial charge in [0.15, 0.2) is 0 Å². The molecule has 2 amide bonds. The van der Waals surface area contributed by atoms with Crippen molar-refractivity contribution in [2.45, 2.75) is 31.9 Å². The lowest BCUT2D eigenvalue weighted by Gasteiger charge is -2.25. The molecule has 1 aromatic rings. The van der Waals surface area contributed by atoms with Crippen molar-refractivity contribution in [3.05, 3.63) is 35.9 Å². The third-order valence-corrected chi connectivity index (χ3v) is 4.56. The second kappa shape index (κ2) is 8.31. The van der Waals surface area contributed by atoms with Crippen LogP contribution in [-0.4, -0.2) is 61.3 Å². The fraction of sp³-hybridized carbons (Fsp3) is 0.611. The summed E-state index contributed by atoms with van der Waals surface area (Å²) in [6, 6.07) is 10.6. The van der Waals surface area contributed by atoms with E-state index in [0.717, 1.165) is 58.6 Å². The van der Waals surface area contributed by atoms with Crippen molar-refractivity contribution in [3.8, 4) is 0 Å². The Morgan fingerprint density at radius 2 is 1.91 bits per heavy atom. The topological polar surface area (TPSA) is 44.8 Å². The zero-order chi connectivity index (χ0) is 15.9. The number of amides is 2. The number of benzene rings is 1. The van der Waals surface area contributed by atoms with Crippen LogP contribution in [0, 0.1) is 0 Å². The van der Waals surface area contributed by atoms with Crippen molar-refractivity contribution >= 4 is 6.03 Å². The van der Waals surface area contributed by atoms with Gasteiger partial charge in [-0.15, -0.1) is 0 Å². The first-order valence-electron chi connectivity index (χ1n) is 8.72. The highest BCUT2D eigenvalue weighted by Gasteiger charge is 2.22. The predicted octanol–water partition coefficient (Wildman–Crippen LogP) is 2.08. The van der Waals surface area contributed by atoms with Crippen LogP contribution < -0.4 is 5.32 Å². The monoisotopic (exact) mass is 317 g/mol. The molecule has 2 aliphatic rings. The van der Waals surface area contributed by atoms with Crippen LogP contribution in [0.1, 0.15) is 24.8 Å². The van der Waals surface area contributed by atoms with Gasteiger partial charge in [0.25, 0.3) is 0 Å². The van der Waals surface area contributed by atoms with Crippen molar-refractivity contribution in [3.63, 3.8) is 0 Å². The van der Waals surface area contributed by atoms with Crippen LogP contribution in [0.2, 0.25) is 0 Å². The van der Waals surface area contributed by atoms with E-state index in [1.54, 1.807) is 0 Å². The Bertz CT molecular complexity index is 488. The third kappa shape index (κ3) is 4.94. The first-order valence-corrected chi connectivity index (χ1v) is 8.72. The maximum Gasteiger partial charge on any atom is 0.317 e. The number of nitrogens with one attached hydrogen (secondary N) is 1. The first kappa shape index (κ1) is 16.3. The first-order chi connectivity index (χ1) is 11.3. The SMILES string of the molecule is O=C(NCC1CN(Cc2ccccc2)CCCO1)N1CCCC1. The molecule has 2 heterocycles. The number of hydrogen-bond donors (Lipinski definition) is 1. The van der Waals surface area contributed by atoms with Crippen molar-refractivity contribution in [2.75, 3.05) is 39.3 Å². The summed E-state index contributed by atoms with van der Waals surface area (Å²) in [7, 11) is 0. The highest BCUT2D eigenvalue weighted by Crippen LogP contribution is 2.11. The molecular weight excluding hydrogens is 290 g/mol. The quantitative estimate of drug-likeness (QED) is 0.925. The molecule has 1 aromatic carbocycles. The van der Waals surface area contributed by atoms with E-state index in [0.29, 0.717) is 6.54 Å². The van der Waals surface area contributed by atoms with E-state index in [1.165, 1.54) is 5.56 Å². The summed E-state index contributed by atoms with van der Waals surface area (Å²) in [4.78, 5) is 16.4. The molecule has 1 atom stereocenters. The van der Waals surface area contributed by atoms with Gasteiger partial charge in [-0.05, 0) is 24.8 Å². The average Bonchev–Trinajstić information content (AvgIpc) is 3.02. The molecule has 1 N–H and O–H groups in total. The maximum atomic E-state index is 12.1. The molecule has 0 bridgehead atoms. The largest absolute Gasteiger partial charge is 0.375 e. The van der Waals surface area contributed by atoms with Crippen LogP contribution in [0.4, 0.5) is 4.79 Å². The van der Waals surface area contributed by atoms with Crippen LogP contribution in [0.3, 0.4) is 0 Å². The molecule has 23 heavy (non-hydrogen) atoms. The molecule has 0 saturated carbocycles. The fourth-order valence-electron chi connectivity index (χ4n) is 3.31. The van der Waals surface area contributed by atoms with Gasteiger partial charge in [0.2, 0.25) is 0 Å². The summed E-state index contributed by atoms with van der Waals surface area (Å²) in [5.41, 5.74) is 1.33. The van der Waals surface area contributed by atoms with Crippen LogP contribution in [-0.2, 0) is 11.3 Å². The van der Waals surface area contributed by atoms with Crippen LogP contribution in [0.5, 0.6) is 0 Å². The zero-order valence-electron chi connectivity index (χ0n) is 13.7. The van der Waals surface area contributed by atoms with Gasteiger partial charge in [0.1, 0.15) is 0 Å². The molecule has 0 spiro atoms. The van der Waals surface area contributed by atoms with Crippen molar-refractivity contribution in [1.29, 1.82) is 0 Å². The molecule has 5 nitrogen and oxygen atoms in total. The van der Waals surface area contributed by atoms with Gasteiger partial charge in [0.05, 0.1) is 6.10 Å². The molecule has 2 aliphatic heterocycles. The fourth-order valence-corrected chi connectivity index (χ4v) is 3.31. The summed E-state index contributed by atoms with van der Waals surface area (Å²) in [5, 5.41) is 3.04. The minimum Gasteiger partial charge on any atom is -0.375 e. The average molecular weight is 317 g/mol. The molecule has 5 heteroatoms. The summed E-state index contributed by atoms with van der Waals surface area (Å²) in [5.74, 6) is 0. The standard InChI is InChI=1S/C18H27N3O2/c22-18(21-10-4-5-11-21)19-13-17-15-20(9-6-12-23-17)14-16-7-2-1-3-8-16/h1-3,7-8,17H,4-6,9-15H2,(H,19,22). The number of carbonyl (C=O) groups excluding carboxylic acids is 1. The second-order valence-corrected chi connectivity index (χ2v) is 6.45. The van der Waals surface area contributed by atoms with Gasteiger partial charge in [-0.3, -0.25) is 4.90 Å². The Kier molecular flexibility index (Phi) is 5.88. The lowest BCUT2D eigenvalue weighted by atomic mass is 10.2. The number of rotatable bonds is 4.